The van der Waals surface area contributed by atoms with Gasteiger partial charge in [-0.15, -0.1) is 11.3 Å². The normalized spacial score (nSPS) is 14.3. The monoisotopic (exact) mass is 254 g/mol. The van der Waals surface area contributed by atoms with E-state index in [9.17, 15) is 0 Å². The predicted octanol–water partition coefficient (Wildman–Crippen LogP) is 3.44. The highest BCUT2D eigenvalue weighted by Gasteiger charge is 2.35. The van der Waals surface area contributed by atoms with Crippen LogP contribution < -0.4 is 5.32 Å². The zero-order chi connectivity index (χ0) is 13.1. The third-order valence-corrected chi connectivity index (χ3v) is 4.82. The van der Waals surface area contributed by atoms with Crippen molar-refractivity contribution in [3.63, 3.8) is 0 Å². The number of thiophene rings is 1. The minimum atomic E-state index is 0.133. The molecule has 0 aliphatic heterocycles. The Labute approximate surface area is 110 Å². The van der Waals surface area contributed by atoms with Gasteiger partial charge in [0.1, 0.15) is 0 Å². The predicted molar refractivity (Wildman–Crippen MR) is 77.9 cm³/mol. The second-order valence-electron chi connectivity index (χ2n) is 5.02. The van der Waals surface area contributed by atoms with E-state index in [0.717, 1.165) is 13.1 Å². The van der Waals surface area contributed by atoms with Gasteiger partial charge >= 0.3 is 0 Å². The quantitative estimate of drug-likeness (QED) is 0.836. The Hall–Kier alpha value is -0.380. The Morgan fingerprint density at radius 1 is 1.35 bits per heavy atom. The van der Waals surface area contributed by atoms with E-state index in [4.69, 9.17) is 0 Å². The standard InChI is InChI=1S/C14H26N2S/c1-7-16(8-2)14(4,5)13(15-6)12-11(3)9-10-17-12/h9-10,13,15H,7-8H2,1-6H3. The first-order valence-corrected chi connectivity index (χ1v) is 7.33. The minimum absolute atomic E-state index is 0.133. The molecule has 0 aliphatic rings. The topological polar surface area (TPSA) is 15.3 Å². The van der Waals surface area contributed by atoms with Gasteiger partial charge in [0.05, 0.1) is 6.04 Å². The summed E-state index contributed by atoms with van der Waals surface area (Å²) in [6, 6.07) is 2.60. The van der Waals surface area contributed by atoms with Gasteiger partial charge in [-0.05, 0) is 57.9 Å². The van der Waals surface area contributed by atoms with Crippen LogP contribution >= 0.6 is 11.3 Å². The van der Waals surface area contributed by atoms with E-state index < -0.39 is 0 Å². The lowest BCUT2D eigenvalue weighted by Gasteiger charge is -2.43. The lowest BCUT2D eigenvalue weighted by molar-refractivity contribution is 0.0956. The lowest BCUT2D eigenvalue weighted by Crippen LogP contribution is -2.51. The second-order valence-corrected chi connectivity index (χ2v) is 5.96. The van der Waals surface area contributed by atoms with E-state index in [-0.39, 0.29) is 5.54 Å². The number of aryl methyl sites for hydroxylation is 1. The van der Waals surface area contributed by atoms with Crippen LogP contribution in [0, 0.1) is 6.92 Å². The highest BCUT2D eigenvalue weighted by molar-refractivity contribution is 7.10. The Morgan fingerprint density at radius 3 is 2.29 bits per heavy atom. The van der Waals surface area contributed by atoms with Crippen LogP contribution in [0.1, 0.15) is 44.2 Å². The fourth-order valence-corrected chi connectivity index (χ4v) is 3.92. The summed E-state index contributed by atoms with van der Waals surface area (Å²) in [5, 5.41) is 5.69. The number of likely N-dealkylation sites (N-methyl/N-ethyl adjacent to an activating group) is 2. The molecule has 0 amide bonds. The first-order chi connectivity index (χ1) is 7.98. The lowest BCUT2D eigenvalue weighted by atomic mass is 9.89. The molecule has 0 saturated heterocycles. The molecule has 98 valence electrons. The summed E-state index contributed by atoms with van der Waals surface area (Å²) in [7, 11) is 2.06. The summed E-state index contributed by atoms with van der Waals surface area (Å²) in [4.78, 5) is 3.98. The van der Waals surface area contributed by atoms with E-state index in [1.807, 2.05) is 11.3 Å². The van der Waals surface area contributed by atoms with Crippen molar-refractivity contribution in [1.29, 1.82) is 0 Å². The molecule has 1 rings (SSSR count). The molecule has 0 aliphatic carbocycles. The van der Waals surface area contributed by atoms with Crippen LogP contribution in [0.4, 0.5) is 0 Å². The number of nitrogens with one attached hydrogen (secondary N) is 1. The molecule has 0 bridgehead atoms. The van der Waals surface area contributed by atoms with Crippen LogP contribution in [-0.2, 0) is 0 Å². The molecular weight excluding hydrogens is 228 g/mol. The molecule has 3 heteroatoms. The molecule has 0 radical (unpaired) electrons. The highest BCUT2D eigenvalue weighted by atomic mass is 32.1. The molecule has 17 heavy (non-hydrogen) atoms. The van der Waals surface area contributed by atoms with E-state index >= 15 is 0 Å². The fourth-order valence-electron chi connectivity index (χ4n) is 2.71. The Bertz CT molecular complexity index is 340. The number of hydrogen-bond donors (Lipinski definition) is 1. The van der Waals surface area contributed by atoms with Crippen molar-refractivity contribution in [2.45, 2.75) is 46.2 Å². The number of nitrogens with zero attached hydrogens (tertiary/aromatic N) is 1. The van der Waals surface area contributed by atoms with Crippen molar-refractivity contribution in [3.05, 3.63) is 21.9 Å². The van der Waals surface area contributed by atoms with Gasteiger partial charge in [-0.2, -0.15) is 0 Å². The van der Waals surface area contributed by atoms with Crippen LogP contribution in [0.25, 0.3) is 0 Å². The molecule has 2 nitrogen and oxygen atoms in total. The molecule has 1 aromatic rings. The van der Waals surface area contributed by atoms with E-state index in [1.165, 1.54) is 10.4 Å². The molecule has 0 aromatic carbocycles. The van der Waals surface area contributed by atoms with Gasteiger partial charge in [0, 0.05) is 10.4 Å². The second kappa shape index (κ2) is 5.98. The van der Waals surface area contributed by atoms with Crippen LogP contribution in [0.15, 0.2) is 11.4 Å². The summed E-state index contributed by atoms with van der Waals surface area (Å²) in [6.07, 6.45) is 0. The van der Waals surface area contributed by atoms with Gasteiger partial charge in [-0.3, -0.25) is 4.90 Å². The molecule has 1 N–H and O–H groups in total. The number of hydrogen-bond acceptors (Lipinski definition) is 3. The van der Waals surface area contributed by atoms with Gasteiger partial charge in [0.15, 0.2) is 0 Å². The largest absolute Gasteiger partial charge is 0.311 e. The fraction of sp³-hybridized carbons (Fsp3) is 0.714. The summed E-state index contributed by atoms with van der Waals surface area (Å²) in [6.45, 7) is 13.5. The van der Waals surface area contributed by atoms with Crippen molar-refractivity contribution < 1.29 is 0 Å². The third kappa shape index (κ3) is 2.90. The molecule has 1 aromatic heterocycles. The third-order valence-electron chi connectivity index (χ3n) is 3.74. The van der Waals surface area contributed by atoms with Gasteiger partial charge < -0.3 is 5.32 Å². The smallest absolute Gasteiger partial charge is 0.0596 e. The van der Waals surface area contributed by atoms with Crippen molar-refractivity contribution in [2.24, 2.45) is 0 Å². The zero-order valence-electron chi connectivity index (χ0n) is 12.0. The van der Waals surface area contributed by atoms with Crippen LogP contribution in [0.2, 0.25) is 0 Å². The molecule has 1 atom stereocenters. The first kappa shape index (κ1) is 14.7. The maximum Gasteiger partial charge on any atom is 0.0596 e. The van der Waals surface area contributed by atoms with E-state index in [1.54, 1.807) is 0 Å². The summed E-state index contributed by atoms with van der Waals surface area (Å²) in [5.41, 5.74) is 1.53. The van der Waals surface area contributed by atoms with Crippen molar-refractivity contribution in [3.8, 4) is 0 Å². The average molecular weight is 254 g/mol. The Kier molecular flexibility index (Phi) is 5.17. The zero-order valence-corrected chi connectivity index (χ0v) is 12.8. The van der Waals surface area contributed by atoms with E-state index in [2.05, 4.69) is 63.3 Å². The minimum Gasteiger partial charge on any atom is -0.311 e. The maximum atomic E-state index is 3.50. The van der Waals surface area contributed by atoms with Crippen molar-refractivity contribution >= 4 is 11.3 Å². The molecule has 1 unspecified atom stereocenters. The SMILES string of the molecule is CCN(CC)C(C)(C)C(NC)c1sccc1C. The molecule has 0 saturated carbocycles. The summed E-state index contributed by atoms with van der Waals surface area (Å²) < 4.78 is 0. The van der Waals surface area contributed by atoms with Gasteiger partial charge in [-0.1, -0.05) is 13.8 Å². The van der Waals surface area contributed by atoms with Crippen LogP contribution in [0.3, 0.4) is 0 Å². The average Bonchev–Trinajstić information content (AvgIpc) is 2.67. The van der Waals surface area contributed by atoms with E-state index in [0.29, 0.717) is 6.04 Å². The maximum absolute atomic E-state index is 3.50. The van der Waals surface area contributed by atoms with Gasteiger partial charge in [0.2, 0.25) is 0 Å². The summed E-state index contributed by atoms with van der Waals surface area (Å²) in [5.74, 6) is 0. The Balaban J connectivity index is 3.05. The van der Waals surface area contributed by atoms with Crippen LogP contribution in [-0.4, -0.2) is 30.6 Å². The summed E-state index contributed by atoms with van der Waals surface area (Å²) >= 11 is 1.86. The van der Waals surface area contributed by atoms with Crippen molar-refractivity contribution in [1.82, 2.24) is 10.2 Å². The number of rotatable bonds is 6. The highest BCUT2D eigenvalue weighted by Crippen LogP contribution is 2.35. The molecule has 1 heterocycles. The molecular formula is C14H26N2S. The first-order valence-electron chi connectivity index (χ1n) is 6.45. The van der Waals surface area contributed by atoms with Crippen molar-refractivity contribution in [2.75, 3.05) is 20.1 Å². The van der Waals surface area contributed by atoms with Gasteiger partial charge in [0.25, 0.3) is 0 Å². The van der Waals surface area contributed by atoms with Crippen LogP contribution in [0.5, 0.6) is 0 Å². The Morgan fingerprint density at radius 2 is 1.94 bits per heavy atom. The van der Waals surface area contributed by atoms with Gasteiger partial charge in [-0.25, -0.2) is 0 Å². The molecule has 0 fully saturated rings. The molecule has 0 spiro atoms.